The number of hydrogen-bond donors (Lipinski definition) is 1. The normalized spacial score (nSPS) is 14.0. The molecule has 6 aromatic rings. The minimum Gasteiger partial charge on any atom is -0.322 e. The van der Waals surface area contributed by atoms with Gasteiger partial charge in [-0.2, -0.15) is 0 Å². The molecular formula is C38H32N2O2S. The maximum Gasteiger partial charge on any atom is 0.240 e. The molecule has 0 radical (unpaired) electrons. The third-order valence-electron chi connectivity index (χ3n) is 8.45. The first-order chi connectivity index (χ1) is 21.0. The Labute approximate surface area is 253 Å². The van der Waals surface area contributed by atoms with Crippen molar-refractivity contribution in [1.29, 1.82) is 0 Å². The maximum absolute atomic E-state index is 13.2. The summed E-state index contributed by atoms with van der Waals surface area (Å²) in [4.78, 5) is 0.280. The molecule has 0 saturated carbocycles. The lowest BCUT2D eigenvalue weighted by molar-refractivity contribution is 0.566. The van der Waals surface area contributed by atoms with Crippen LogP contribution in [0.2, 0.25) is 0 Å². The highest BCUT2D eigenvalue weighted by Gasteiger charge is 2.44. The number of hydrogen-bond acceptors (Lipinski definition) is 2. The Bertz CT molecular complexity index is 2010. The van der Waals surface area contributed by atoms with Crippen molar-refractivity contribution in [2.45, 2.75) is 23.8 Å². The number of fused-ring (bicyclic) bond motifs is 3. The van der Waals surface area contributed by atoms with Gasteiger partial charge < -0.3 is 4.57 Å². The van der Waals surface area contributed by atoms with Gasteiger partial charge in [0.1, 0.15) is 5.54 Å². The molecule has 0 bridgehead atoms. The van der Waals surface area contributed by atoms with Gasteiger partial charge in [-0.05, 0) is 59.9 Å². The van der Waals surface area contributed by atoms with Crippen LogP contribution >= 0.6 is 0 Å². The summed E-state index contributed by atoms with van der Waals surface area (Å²) < 4.78 is 31.7. The highest BCUT2D eigenvalue weighted by molar-refractivity contribution is 7.89. The Morgan fingerprint density at radius 2 is 1.23 bits per heavy atom. The fraction of sp³-hybridized carbons (Fsp3) is 0.105. The number of nitrogens with zero attached hydrogens (tertiary/aromatic N) is 1. The summed E-state index contributed by atoms with van der Waals surface area (Å²) in [6.45, 7) is 2.23. The molecule has 0 amide bonds. The molecule has 5 heteroatoms. The van der Waals surface area contributed by atoms with Gasteiger partial charge in [-0.1, -0.05) is 127 Å². The zero-order valence-electron chi connectivity index (χ0n) is 23.9. The first-order valence-corrected chi connectivity index (χ1v) is 16.1. The molecule has 43 heavy (non-hydrogen) atoms. The third kappa shape index (κ3) is 4.62. The van der Waals surface area contributed by atoms with Gasteiger partial charge in [0, 0.05) is 17.5 Å². The van der Waals surface area contributed by atoms with Crippen LogP contribution in [0.5, 0.6) is 0 Å². The zero-order chi connectivity index (χ0) is 29.4. The van der Waals surface area contributed by atoms with Crippen molar-refractivity contribution >= 4 is 26.5 Å². The predicted molar refractivity (Wildman–Crippen MR) is 175 cm³/mol. The number of nitrogens with one attached hydrogen (secondary N) is 1. The van der Waals surface area contributed by atoms with E-state index in [0.717, 1.165) is 38.9 Å². The minimum atomic E-state index is -3.64. The standard InChI is InChI=1S/C38H32N2O2S/c1-28-21-23-32(24-22-28)43(41,42)39-26-25-34-33-19-11-12-20-36(33)40-37(34)35(29-13-5-2-6-14-29)27-38(40,30-15-7-3-8-16-30)31-17-9-4-10-18-31/h2-24,27,39H,25-26H2,1H3. The summed E-state index contributed by atoms with van der Waals surface area (Å²) >= 11 is 0. The van der Waals surface area contributed by atoms with Crippen LogP contribution in [-0.2, 0) is 22.0 Å². The molecule has 1 aromatic heterocycles. The monoisotopic (exact) mass is 580 g/mol. The van der Waals surface area contributed by atoms with Gasteiger partial charge in [0.25, 0.3) is 0 Å². The van der Waals surface area contributed by atoms with Crippen molar-refractivity contribution in [3.05, 3.63) is 179 Å². The lowest BCUT2D eigenvalue weighted by Gasteiger charge is -2.33. The van der Waals surface area contributed by atoms with Crippen LogP contribution in [0.3, 0.4) is 0 Å². The summed E-state index contributed by atoms with van der Waals surface area (Å²) in [7, 11) is -3.64. The second-order valence-corrected chi connectivity index (χ2v) is 12.8. The van der Waals surface area contributed by atoms with E-state index in [2.05, 4.69) is 125 Å². The molecule has 5 aromatic carbocycles. The number of rotatable bonds is 8. The van der Waals surface area contributed by atoms with Crippen molar-refractivity contribution < 1.29 is 8.42 Å². The van der Waals surface area contributed by atoms with Gasteiger partial charge in [-0.3, -0.25) is 0 Å². The van der Waals surface area contributed by atoms with E-state index in [1.54, 1.807) is 12.1 Å². The quantitative estimate of drug-likeness (QED) is 0.201. The van der Waals surface area contributed by atoms with Crippen LogP contribution in [0.25, 0.3) is 16.5 Å². The van der Waals surface area contributed by atoms with Crippen LogP contribution < -0.4 is 4.72 Å². The molecule has 1 aliphatic heterocycles. The molecule has 0 unspecified atom stereocenters. The lowest BCUT2D eigenvalue weighted by atomic mass is 9.82. The molecule has 0 atom stereocenters. The number of benzene rings is 5. The lowest BCUT2D eigenvalue weighted by Crippen LogP contribution is -2.32. The molecule has 1 N–H and O–H groups in total. The van der Waals surface area contributed by atoms with E-state index in [1.165, 1.54) is 11.1 Å². The van der Waals surface area contributed by atoms with E-state index >= 15 is 0 Å². The van der Waals surface area contributed by atoms with Crippen molar-refractivity contribution in [3.63, 3.8) is 0 Å². The van der Waals surface area contributed by atoms with Crippen molar-refractivity contribution in [2.24, 2.45) is 0 Å². The van der Waals surface area contributed by atoms with E-state index in [9.17, 15) is 8.42 Å². The smallest absolute Gasteiger partial charge is 0.240 e. The number of aromatic nitrogens is 1. The second-order valence-electron chi connectivity index (χ2n) is 11.1. The SMILES string of the molecule is Cc1ccc(S(=O)(=O)NCCc2c3n(c4ccccc24)C(c2ccccc2)(c2ccccc2)C=C3c2ccccc2)cc1. The van der Waals surface area contributed by atoms with Crippen molar-refractivity contribution in [2.75, 3.05) is 6.54 Å². The van der Waals surface area contributed by atoms with E-state index in [1.807, 2.05) is 25.1 Å². The maximum atomic E-state index is 13.2. The minimum absolute atomic E-state index is 0.280. The first-order valence-electron chi connectivity index (χ1n) is 14.6. The average Bonchev–Trinajstić information content (AvgIpc) is 3.57. The fourth-order valence-electron chi connectivity index (χ4n) is 6.48. The largest absolute Gasteiger partial charge is 0.322 e. The molecular weight excluding hydrogens is 548 g/mol. The predicted octanol–water partition coefficient (Wildman–Crippen LogP) is 7.71. The molecule has 212 valence electrons. The Hall–Kier alpha value is -4.71. The summed E-state index contributed by atoms with van der Waals surface area (Å²) in [6.07, 6.45) is 2.94. The second kappa shape index (κ2) is 10.8. The van der Waals surface area contributed by atoms with Gasteiger partial charge in [-0.25, -0.2) is 13.1 Å². The number of aryl methyl sites for hydroxylation is 1. The Morgan fingerprint density at radius 1 is 0.674 bits per heavy atom. The van der Waals surface area contributed by atoms with Gasteiger partial charge in [0.2, 0.25) is 10.0 Å². The topological polar surface area (TPSA) is 51.1 Å². The molecule has 1 aliphatic rings. The number of allylic oxidation sites excluding steroid dienone is 1. The highest BCUT2D eigenvalue weighted by Crippen LogP contribution is 2.51. The van der Waals surface area contributed by atoms with E-state index in [0.29, 0.717) is 6.42 Å². The van der Waals surface area contributed by atoms with Crippen LogP contribution in [0.1, 0.15) is 33.5 Å². The molecule has 0 spiro atoms. The van der Waals surface area contributed by atoms with Crippen LogP contribution in [0, 0.1) is 6.92 Å². The molecule has 7 rings (SSSR count). The number of sulfonamides is 1. The Kier molecular flexibility index (Phi) is 6.85. The Morgan fingerprint density at radius 3 is 1.86 bits per heavy atom. The van der Waals surface area contributed by atoms with E-state index in [-0.39, 0.29) is 11.4 Å². The molecule has 0 aliphatic carbocycles. The van der Waals surface area contributed by atoms with E-state index in [4.69, 9.17) is 0 Å². The van der Waals surface area contributed by atoms with Gasteiger partial charge in [-0.15, -0.1) is 0 Å². The molecule has 4 nitrogen and oxygen atoms in total. The summed E-state index contributed by atoms with van der Waals surface area (Å²) in [5.41, 5.74) is 8.39. The van der Waals surface area contributed by atoms with Crippen LogP contribution in [-0.4, -0.2) is 19.5 Å². The molecule has 0 fully saturated rings. The fourth-order valence-corrected chi connectivity index (χ4v) is 7.51. The zero-order valence-corrected chi connectivity index (χ0v) is 24.8. The van der Waals surface area contributed by atoms with Crippen molar-refractivity contribution in [1.82, 2.24) is 9.29 Å². The van der Waals surface area contributed by atoms with Crippen LogP contribution in [0.15, 0.2) is 150 Å². The Balaban J connectivity index is 1.43. The summed E-state index contributed by atoms with van der Waals surface area (Å²) in [5, 5.41) is 1.13. The summed E-state index contributed by atoms with van der Waals surface area (Å²) in [6, 6.07) is 47.3. The van der Waals surface area contributed by atoms with Crippen LogP contribution in [0.4, 0.5) is 0 Å². The first kappa shape index (κ1) is 27.1. The summed E-state index contributed by atoms with van der Waals surface area (Å²) in [5.74, 6) is 0. The third-order valence-corrected chi connectivity index (χ3v) is 9.93. The highest BCUT2D eigenvalue weighted by atomic mass is 32.2. The average molecular weight is 581 g/mol. The molecule has 0 saturated heterocycles. The van der Waals surface area contributed by atoms with Gasteiger partial charge in [0.05, 0.1) is 16.1 Å². The van der Waals surface area contributed by atoms with Gasteiger partial charge in [0.15, 0.2) is 0 Å². The van der Waals surface area contributed by atoms with Gasteiger partial charge >= 0.3 is 0 Å². The molecule has 2 heterocycles. The van der Waals surface area contributed by atoms with Crippen molar-refractivity contribution in [3.8, 4) is 0 Å². The number of para-hydroxylation sites is 1. The van der Waals surface area contributed by atoms with E-state index < -0.39 is 15.6 Å².